The SMILES string of the molecule is C#C[C@@H](CNC(=O)[C@@H]1CCCN(C(=O)/C=C/C2CCNCC2)C1)C(=O)OCCc1ccccc1. The maximum atomic E-state index is 12.7. The summed E-state index contributed by atoms with van der Waals surface area (Å²) in [7, 11) is 0. The van der Waals surface area contributed by atoms with Gasteiger partial charge in [-0.05, 0) is 56.3 Å². The molecule has 1 aromatic rings. The first-order valence-corrected chi connectivity index (χ1v) is 12.2. The van der Waals surface area contributed by atoms with Gasteiger partial charge < -0.3 is 20.3 Å². The lowest BCUT2D eigenvalue weighted by Crippen LogP contribution is -2.46. The lowest BCUT2D eigenvalue weighted by Gasteiger charge is -2.31. The van der Waals surface area contributed by atoms with E-state index in [1.54, 1.807) is 11.0 Å². The standard InChI is InChI=1S/C27H35N3O4/c1-2-23(27(33)34-18-14-21-7-4-3-5-8-21)19-29-26(32)24-9-6-17-30(20-24)25(31)11-10-22-12-15-28-16-13-22/h1,3-5,7-8,10-11,22-24,28H,6,9,12-20H2,(H,29,32)/b11-10+/t23-,24+/m0/s1. The fraction of sp³-hybridized carbons (Fsp3) is 0.519. The molecule has 34 heavy (non-hydrogen) atoms. The van der Waals surface area contributed by atoms with Gasteiger partial charge in [-0.1, -0.05) is 42.3 Å². The average molecular weight is 466 g/mol. The summed E-state index contributed by atoms with van der Waals surface area (Å²) in [5, 5.41) is 6.11. The molecule has 2 saturated heterocycles. The molecule has 0 aliphatic carbocycles. The van der Waals surface area contributed by atoms with E-state index in [1.165, 1.54) is 0 Å². The second kappa shape index (κ2) is 13.6. The van der Waals surface area contributed by atoms with Gasteiger partial charge in [0, 0.05) is 26.1 Å². The van der Waals surface area contributed by atoms with E-state index < -0.39 is 11.9 Å². The van der Waals surface area contributed by atoms with Crippen molar-refractivity contribution in [1.82, 2.24) is 15.5 Å². The minimum atomic E-state index is -0.839. The Bertz CT molecular complexity index is 887. The second-order valence-electron chi connectivity index (χ2n) is 8.94. The molecule has 2 fully saturated rings. The van der Waals surface area contributed by atoms with E-state index in [1.807, 2.05) is 36.4 Å². The van der Waals surface area contributed by atoms with Gasteiger partial charge in [-0.2, -0.15) is 0 Å². The summed E-state index contributed by atoms with van der Waals surface area (Å²) in [5.41, 5.74) is 1.07. The maximum absolute atomic E-state index is 12.7. The number of carbonyl (C=O) groups excluding carboxylic acids is 3. The number of likely N-dealkylation sites (tertiary alicyclic amines) is 1. The van der Waals surface area contributed by atoms with Gasteiger partial charge in [0.15, 0.2) is 0 Å². The summed E-state index contributed by atoms with van der Waals surface area (Å²) in [6, 6.07) is 9.73. The number of nitrogens with zero attached hydrogens (tertiary/aromatic N) is 1. The van der Waals surface area contributed by atoms with Crippen molar-refractivity contribution in [2.75, 3.05) is 39.3 Å². The third-order valence-corrected chi connectivity index (χ3v) is 6.44. The third kappa shape index (κ3) is 8.03. The number of allylic oxidation sites excluding steroid dienone is 1. The van der Waals surface area contributed by atoms with E-state index in [0.717, 1.165) is 37.9 Å². The number of ether oxygens (including phenoxy) is 1. The minimum Gasteiger partial charge on any atom is -0.464 e. The number of hydrogen-bond donors (Lipinski definition) is 2. The van der Waals surface area contributed by atoms with Crippen LogP contribution in [0.25, 0.3) is 0 Å². The van der Waals surface area contributed by atoms with Gasteiger partial charge in [0.05, 0.1) is 12.5 Å². The Morgan fingerprint density at radius 3 is 2.71 bits per heavy atom. The van der Waals surface area contributed by atoms with Gasteiger partial charge in [-0.3, -0.25) is 14.4 Å². The van der Waals surface area contributed by atoms with Crippen molar-refractivity contribution < 1.29 is 19.1 Å². The minimum absolute atomic E-state index is 0.0273. The number of piperidine rings is 2. The lowest BCUT2D eigenvalue weighted by atomic mass is 9.96. The van der Waals surface area contributed by atoms with Crippen LogP contribution in [0.5, 0.6) is 0 Å². The predicted octanol–water partition coefficient (Wildman–Crippen LogP) is 1.93. The van der Waals surface area contributed by atoms with E-state index in [9.17, 15) is 14.4 Å². The van der Waals surface area contributed by atoms with Crippen LogP contribution >= 0.6 is 0 Å². The molecule has 0 radical (unpaired) electrons. The predicted molar refractivity (Wildman–Crippen MR) is 130 cm³/mol. The molecule has 0 saturated carbocycles. The molecule has 2 aliphatic rings. The molecule has 2 aliphatic heterocycles. The van der Waals surface area contributed by atoms with E-state index in [2.05, 4.69) is 16.6 Å². The monoisotopic (exact) mass is 465 g/mol. The number of terminal acetylenes is 1. The van der Waals surface area contributed by atoms with Crippen molar-refractivity contribution in [1.29, 1.82) is 0 Å². The van der Waals surface area contributed by atoms with Crippen LogP contribution in [0.15, 0.2) is 42.5 Å². The molecule has 2 amide bonds. The van der Waals surface area contributed by atoms with Crippen molar-refractivity contribution in [3.63, 3.8) is 0 Å². The smallest absolute Gasteiger partial charge is 0.322 e. The maximum Gasteiger partial charge on any atom is 0.322 e. The Hall–Kier alpha value is -3.11. The topological polar surface area (TPSA) is 87.7 Å². The summed E-state index contributed by atoms with van der Waals surface area (Å²) < 4.78 is 5.30. The van der Waals surface area contributed by atoms with Gasteiger partial charge in [-0.15, -0.1) is 6.42 Å². The van der Waals surface area contributed by atoms with Crippen LogP contribution in [-0.2, 0) is 25.5 Å². The van der Waals surface area contributed by atoms with Crippen LogP contribution in [0.3, 0.4) is 0 Å². The number of esters is 1. The molecule has 1 aromatic carbocycles. The van der Waals surface area contributed by atoms with Crippen LogP contribution in [0.4, 0.5) is 0 Å². The van der Waals surface area contributed by atoms with Gasteiger partial charge in [0.2, 0.25) is 11.8 Å². The summed E-state index contributed by atoms with van der Waals surface area (Å²) in [5.74, 6) is 0.965. The second-order valence-corrected chi connectivity index (χ2v) is 8.94. The highest BCUT2D eigenvalue weighted by molar-refractivity contribution is 5.88. The third-order valence-electron chi connectivity index (χ3n) is 6.44. The zero-order chi connectivity index (χ0) is 24.2. The number of amides is 2. The van der Waals surface area contributed by atoms with Crippen molar-refractivity contribution in [3.05, 3.63) is 48.0 Å². The Morgan fingerprint density at radius 2 is 1.97 bits per heavy atom. The molecule has 7 heteroatoms. The van der Waals surface area contributed by atoms with Crippen LogP contribution in [0.2, 0.25) is 0 Å². The molecular formula is C27H35N3O4. The highest BCUT2D eigenvalue weighted by Gasteiger charge is 2.28. The number of rotatable bonds is 9. The molecule has 0 aromatic heterocycles. The molecule has 2 N–H and O–H groups in total. The zero-order valence-electron chi connectivity index (χ0n) is 19.7. The summed E-state index contributed by atoms with van der Waals surface area (Å²) in [4.78, 5) is 39.4. The molecule has 2 heterocycles. The summed E-state index contributed by atoms with van der Waals surface area (Å²) in [6.45, 7) is 3.26. The molecular weight excluding hydrogens is 430 g/mol. The lowest BCUT2D eigenvalue weighted by molar-refractivity contribution is -0.146. The molecule has 7 nitrogen and oxygen atoms in total. The van der Waals surface area contributed by atoms with Gasteiger partial charge >= 0.3 is 5.97 Å². The Kier molecular flexibility index (Phi) is 10.2. The van der Waals surface area contributed by atoms with Gasteiger partial charge in [-0.25, -0.2) is 0 Å². The molecule has 0 spiro atoms. The molecule has 2 atom stereocenters. The van der Waals surface area contributed by atoms with E-state index in [-0.39, 0.29) is 30.9 Å². The van der Waals surface area contributed by atoms with E-state index in [4.69, 9.17) is 11.2 Å². The Balaban J connectivity index is 1.40. The number of hydrogen-bond acceptors (Lipinski definition) is 5. The van der Waals surface area contributed by atoms with Crippen molar-refractivity contribution in [3.8, 4) is 12.3 Å². The number of nitrogens with one attached hydrogen (secondary N) is 2. The molecule has 182 valence electrons. The van der Waals surface area contributed by atoms with E-state index >= 15 is 0 Å². The van der Waals surface area contributed by atoms with Crippen LogP contribution in [0, 0.1) is 30.1 Å². The van der Waals surface area contributed by atoms with Crippen LogP contribution in [0.1, 0.15) is 31.2 Å². The highest BCUT2D eigenvalue weighted by Crippen LogP contribution is 2.18. The quantitative estimate of drug-likeness (QED) is 0.331. The summed E-state index contributed by atoms with van der Waals surface area (Å²) in [6.07, 6.45) is 13.3. The number of carbonyl (C=O) groups is 3. The fourth-order valence-corrected chi connectivity index (χ4v) is 4.32. The average Bonchev–Trinajstić information content (AvgIpc) is 2.88. The van der Waals surface area contributed by atoms with Crippen LogP contribution in [-0.4, -0.2) is 62.0 Å². The van der Waals surface area contributed by atoms with Crippen molar-refractivity contribution in [2.45, 2.75) is 32.1 Å². The fourth-order valence-electron chi connectivity index (χ4n) is 4.32. The first-order valence-electron chi connectivity index (χ1n) is 12.2. The Labute approximate surface area is 202 Å². The molecule has 3 rings (SSSR count). The summed E-state index contributed by atoms with van der Waals surface area (Å²) >= 11 is 0. The van der Waals surface area contributed by atoms with Crippen LogP contribution < -0.4 is 10.6 Å². The first kappa shape index (κ1) is 25.5. The number of benzene rings is 1. The molecule has 0 bridgehead atoms. The van der Waals surface area contributed by atoms with E-state index in [0.29, 0.717) is 31.8 Å². The highest BCUT2D eigenvalue weighted by atomic mass is 16.5. The Morgan fingerprint density at radius 1 is 1.21 bits per heavy atom. The molecule has 0 unspecified atom stereocenters. The largest absolute Gasteiger partial charge is 0.464 e. The van der Waals surface area contributed by atoms with Crippen molar-refractivity contribution in [2.24, 2.45) is 17.8 Å². The van der Waals surface area contributed by atoms with Crippen molar-refractivity contribution >= 4 is 17.8 Å². The van der Waals surface area contributed by atoms with Gasteiger partial charge in [0.25, 0.3) is 0 Å². The van der Waals surface area contributed by atoms with Gasteiger partial charge in [0.1, 0.15) is 5.92 Å². The zero-order valence-corrected chi connectivity index (χ0v) is 19.7. The normalized spacial score (nSPS) is 19.9. The first-order chi connectivity index (χ1) is 16.6.